The van der Waals surface area contributed by atoms with Gasteiger partial charge in [-0.05, 0) is 56.5 Å². The molecular formula is C29H28N4O3S2. The first kappa shape index (κ1) is 25.9. The third kappa shape index (κ3) is 5.04. The molecule has 1 N–H and O–H groups in total. The Labute approximate surface area is 229 Å². The molecule has 9 heteroatoms. The van der Waals surface area contributed by atoms with Gasteiger partial charge in [-0.2, -0.15) is 0 Å². The van der Waals surface area contributed by atoms with E-state index in [2.05, 4.69) is 52.8 Å². The van der Waals surface area contributed by atoms with E-state index in [1.54, 1.807) is 6.92 Å². The van der Waals surface area contributed by atoms with E-state index >= 15 is 0 Å². The van der Waals surface area contributed by atoms with Crippen molar-refractivity contribution in [1.29, 1.82) is 0 Å². The summed E-state index contributed by atoms with van der Waals surface area (Å²) in [6.07, 6.45) is 0.252. The predicted octanol–water partition coefficient (Wildman–Crippen LogP) is 6.83. The van der Waals surface area contributed by atoms with Gasteiger partial charge in [0.05, 0.1) is 12.1 Å². The fourth-order valence-corrected chi connectivity index (χ4v) is 6.47. The lowest BCUT2D eigenvalue weighted by Gasteiger charge is -2.11. The minimum atomic E-state index is -0.444. The first-order valence-electron chi connectivity index (χ1n) is 12.4. The van der Waals surface area contributed by atoms with E-state index < -0.39 is 5.97 Å². The van der Waals surface area contributed by atoms with Gasteiger partial charge in [-0.3, -0.25) is 9.20 Å². The number of hydrogen-bond acceptors (Lipinski definition) is 7. The van der Waals surface area contributed by atoms with Gasteiger partial charge in [0.2, 0.25) is 5.91 Å². The summed E-state index contributed by atoms with van der Waals surface area (Å²) in [6.45, 7) is 8.31. The lowest BCUT2D eigenvalue weighted by molar-refractivity contribution is -0.115. The third-order valence-electron chi connectivity index (χ3n) is 6.27. The summed E-state index contributed by atoms with van der Waals surface area (Å²) < 4.78 is 7.37. The minimum absolute atomic E-state index is 0.175. The lowest BCUT2D eigenvalue weighted by Crippen LogP contribution is -2.15. The molecule has 0 saturated carbocycles. The standard InChI is InChI=1S/C29H28N4O3S2/c1-5-36-28(35)25-22(20-9-7-6-8-10-20)16-38-27(25)30-24(34)11-12-37-29-32-31-23-15-18(3)21-14-17(2)13-19(4)26(21)33(23)29/h6-10,13-16H,5,11-12H2,1-4H3,(H,30,34). The van der Waals surface area contributed by atoms with Crippen LogP contribution < -0.4 is 5.32 Å². The molecule has 7 nitrogen and oxygen atoms in total. The highest BCUT2D eigenvalue weighted by molar-refractivity contribution is 7.99. The van der Waals surface area contributed by atoms with Crippen LogP contribution in [0.15, 0.2) is 59.1 Å². The van der Waals surface area contributed by atoms with Gasteiger partial charge < -0.3 is 10.1 Å². The van der Waals surface area contributed by atoms with Gasteiger partial charge in [0.15, 0.2) is 10.8 Å². The largest absolute Gasteiger partial charge is 0.462 e. The molecule has 1 amide bonds. The molecule has 0 radical (unpaired) electrons. The van der Waals surface area contributed by atoms with E-state index in [4.69, 9.17) is 4.74 Å². The summed E-state index contributed by atoms with van der Waals surface area (Å²) in [5, 5.41) is 16.0. The first-order chi connectivity index (χ1) is 18.4. The summed E-state index contributed by atoms with van der Waals surface area (Å²) in [6, 6.07) is 16.0. The normalized spacial score (nSPS) is 11.3. The van der Waals surface area contributed by atoms with Crippen LogP contribution in [0.25, 0.3) is 27.7 Å². The topological polar surface area (TPSA) is 85.6 Å². The Kier molecular flexibility index (Phi) is 7.49. The number of hydrogen-bond donors (Lipinski definition) is 1. The molecule has 194 valence electrons. The zero-order valence-corrected chi connectivity index (χ0v) is 23.3. The Balaban J connectivity index is 1.34. The fourth-order valence-electron chi connectivity index (χ4n) is 4.62. The molecular weight excluding hydrogens is 516 g/mol. The molecule has 0 atom stereocenters. The Bertz CT molecular complexity index is 1660. The number of fused-ring (bicyclic) bond motifs is 3. The number of anilines is 1. The molecule has 0 spiro atoms. The van der Waals surface area contributed by atoms with Gasteiger partial charge in [0.25, 0.3) is 0 Å². The average molecular weight is 545 g/mol. The summed E-state index contributed by atoms with van der Waals surface area (Å²) in [5.74, 6) is -0.107. The maximum Gasteiger partial charge on any atom is 0.341 e. The Morgan fingerprint density at radius 1 is 1.05 bits per heavy atom. The number of benzene rings is 2. The number of nitrogens with zero attached hydrogens (tertiary/aromatic N) is 3. The van der Waals surface area contributed by atoms with Gasteiger partial charge in [-0.25, -0.2) is 4.79 Å². The zero-order valence-electron chi connectivity index (χ0n) is 21.7. The van der Waals surface area contributed by atoms with E-state index in [9.17, 15) is 9.59 Å². The highest BCUT2D eigenvalue weighted by Crippen LogP contribution is 2.36. The number of carbonyl (C=O) groups excluding carboxylic acids is 2. The Morgan fingerprint density at radius 2 is 1.84 bits per heavy atom. The first-order valence-corrected chi connectivity index (χ1v) is 14.3. The number of aromatic nitrogens is 3. The van der Waals surface area contributed by atoms with Crippen LogP contribution in [-0.2, 0) is 9.53 Å². The second-order valence-corrected chi connectivity index (χ2v) is 11.0. The number of rotatable bonds is 8. The van der Waals surface area contributed by atoms with Crippen LogP contribution in [0.2, 0.25) is 0 Å². The maximum atomic E-state index is 12.9. The quantitative estimate of drug-likeness (QED) is 0.170. The van der Waals surface area contributed by atoms with Crippen LogP contribution in [0.1, 0.15) is 40.4 Å². The van der Waals surface area contributed by atoms with Gasteiger partial charge in [-0.15, -0.1) is 21.5 Å². The van der Waals surface area contributed by atoms with E-state index in [0.29, 0.717) is 16.3 Å². The molecule has 5 aromatic rings. The lowest BCUT2D eigenvalue weighted by atomic mass is 10.0. The van der Waals surface area contributed by atoms with Gasteiger partial charge in [0.1, 0.15) is 10.6 Å². The third-order valence-corrected chi connectivity index (χ3v) is 8.09. The molecule has 3 heterocycles. The van der Waals surface area contributed by atoms with Crippen molar-refractivity contribution < 1.29 is 14.3 Å². The van der Waals surface area contributed by atoms with E-state index in [1.807, 2.05) is 41.8 Å². The number of pyridine rings is 1. The van der Waals surface area contributed by atoms with Crippen molar-refractivity contribution in [2.45, 2.75) is 39.3 Å². The van der Waals surface area contributed by atoms with Crippen LogP contribution in [0, 0.1) is 20.8 Å². The molecule has 0 bridgehead atoms. The number of aryl methyl sites for hydroxylation is 3. The molecule has 3 aromatic heterocycles. The monoisotopic (exact) mass is 544 g/mol. The number of carbonyl (C=O) groups is 2. The molecule has 0 fully saturated rings. The van der Waals surface area contributed by atoms with Crippen molar-refractivity contribution in [2.75, 3.05) is 17.7 Å². The number of nitrogens with one attached hydrogen (secondary N) is 1. The summed E-state index contributed by atoms with van der Waals surface area (Å²) in [7, 11) is 0. The second kappa shape index (κ2) is 11.0. The zero-order chi connectivity index (χ0) is 26.8. The van der Waals surface area contributed by atoms with Crippen LogP contribution in [-0.4, -0.2) is 38.8 Å². The van der Waals surface area contributed by atoms with E-state index in [0.717, 1.165) is 38.6 Å². The van der Waals surface area contributed by atoms with Crippen LogP contribution in [0.4, 0.5) is 5.00 Å². The SMILES string of the molecule is CCOC(=O)c1c(-c2ccccc2)csc1NC(=O)CCSc1nnc2cc(C)c3cc(C)cc(C)c3n12. The summed E-state index contributed by atoms with van der Waals surface area (Å²) in [5.41, 5.74) is 7.45. The van der Waals surface area contributed by atoms with Crippen LogP contribution in [0.3, 0.4) is 0 Å². The van der Waals surface area contributed by atoms with E-state index in [-0.39, 0.29) is 18.9 Å². The van der Waals surface area contributed by atoms with Crippen molar-refractivity contribution in [3.8, 4) is 11.1 Å². The minimum Gasteiger partial charge on any atom is -0.462 e. The summed E-state index contributed by atoms with van der Waals surface area (Å²) in [4.78, 5) is 25.7. The molecule has 2 aromatic carbocycles. The Morgan fingerprint density at radius 3 is 2.61 bits per heavy atom. The average Bonchev–Trinajstić information content (AvgIpc) is 3.49. The highest BCUT2D eigenvalue weighted by atomic mass is 32.2. The molecule has 0 unspecified atom stereocenters. The molecule has 0 aliphatic rings. The van der Waals surface area contributed by atoms with Crippen molar-refractivity contribution in [3.05, 3.63) is 76.2 Å². The van der Waals surface area contributed by atoms with Crippen molar-refractivity contribution in [2.24, 2.45) is 0 Å². The number of ether oxygens (including phenoxy) is 1. The highest BCUT2D eigenvalue weighted by Gasteiger charge is 2.23. The Hall–Kier alpha value is -3.69. The molecule has 5 rings (SSSR count). The van der Waals surface area contributed by atoms with Crippen molar-refractivity contribution >= 4 is 56.5 Å². The van der Waals surface area contributed by atoms with E-state index in [1.165, 1.54) is 34.0 Å². The van der Waals surface area contributed by atoms with Gasteiger partial charge in [0, 0.05) is 28.5 Å². The van der Waals surface area contributed by atoms with Crippen molar-refractivity contribution in [1.82, 2.24) is 14.6 Å². The van der Waals surface area contributed by atoms with Crippen LogP contribution in [0.5, 0.6) is 0 Å². The molecule has 38 heavy (non-hydrogen) atoms. The van der Waals surface area contributed by atoms with Crippen LogP contribution >= 0.6 is 23.1 Å². The number of thiophene rings is 1. The number of thioether (sulfide) groups is 1. The number of amides is 1. The second-order valence-electron chi connectivity index (χ2n) is 9.07. The maximum absolute atomic E-state index is 12.9. The fraction of sp³-hybridized carbons (Fsp3) is 0.241. The molecule has 0 aliphatic carbocycles. The smallest absolute Gasteiger partial charge is 0.341 e. The van der Waals surface area contributed by atoms with Gasteiger partial charge >= 0.3 is 5.97 Å². The van der Waals surface area contributed by atoms with Gasteiger partial charge in [-0.1, -0.05) is 53.7 Å². The summed E-state index contributed by atoms with van der Waals surface area (Å²) >= 11 is 2.82. The molecule has 0 saturated heterocycles. The number of esters is 1. The predicted molar refractivity (Wildman–Crippen MR) is 154 cm³/mol. The molecule has 0 aliphatic heterocycles. The van der Waals surface area contributed by atoms with Crippen molar-refractivity contribution in [3.63, 3.8) is 0 Å².